The van der Waals surface area contributed by atoms with Crippen molar-refractivity contribution in [1.29, 1.82) is 0 Å². The minimum absolute atomic E-state index is 0.0269. The zero-order valence-corrected chi connectivity index (χ0v) is 37.9. The van der Waals surface area contributed by atoms with E-state index in [2.05, 4.69) is 154 Å². The first-order valence-corrected chi connectivity index (χ1v) is 23.4. The van der Waals surface area contributed by atoms with E-state index in [0.29, 0.717) is 0 Å². The van der Waals surface area contributed by atoms with E-state index in [1.54, 1.807) is 21.3 Å². The minimum atomic E-state index is -4.83. The highest BCUT2D eigenvalue weighted by Crippen LogP contribution is 2.60. The number of hydrogen-bond donors (Lipinski definition) is 0. The van der Waals surface area contributed by atoms with Gasteiger partial charge in [0, 0.05) is 39.4 Å². The summed E-state index contributed by atoms with van der Waals surface area (Å²) in [5.74, 6) is -3.27. The Morgan fingerprint density at radius 2 is 0.738 bits per heavy atom. The van der Waals surface area contributed by atoms with Gasteiger partial charge < -0.3 is 27.5 Å². The van der Waals surface area contributed by atoms with Crippen LogP contribution in [-0.2, 0) is 43.9 Å². The molecule has 61 heavy (non-hydrogen) atoms. The Bertz CT molecular complexity index is 2100. The van der Waals surface area contributed by atoms with Crippen molar-refractivity contribution < 1.29 is 27.5 Å². The van der Waals surface area contributed by atoms with Crippen LogP contribution in [-0.4, -0.2) is 36.1 Å². The molecule has 0 N–H and O–H groups in total. The van der Waals surface area contributed by atoms with Crippen LogP contribution in [0.15, 0.2) is 182 Å². The van der Waals surface area contributed by atoms with Crippen LogP contribution in [0.1, 0.15) is 93.2 Å². The van der Waals surface area contributed by atoms with Crippen molar-refractivity contribution >= 4 is 8.80 Å². The standard InChI is InChI=1S/C54H62O6Si/c1-50(2,3)53(46-35-21-11-22-36-46,47-37-23-12-24-38-47)59-61(58-51(4,55-5)56-6,60-54(57-7,48-39-25-13-26-40-48)49-41-27-14-28-42-49)52(43-29-15-8-16-30-43,44-31-17-9-18-32-44)45-33-19-10-20-34-45/h8-9,11-18,21-32,35-42,45H,10,19-20,33-34H2,1-7H3. The van der Waals surface area contributed by atoms with Crippen molar-refractivity contribution in [3.63, 3.8) is 0 Å². The molecular weight excluding hydrogens is 773 g/mol. The Hall–Kier alpha value is -4.70. The first-order chi connectivity index (χ1) is 29.5. The van der Waals surface area contributed by atoms with Crippen LogP contribution in [0.5, 0.6) is 0 Å². The van der Waals surface area contributed by atoms with E-state index < -0.39 is 36.6 Å². The Morgan fingerprint density at radius 1 is 0.393 bits per heavy atom. The fraction of sp³-hybridized carbons (Fsp3) is 0.333. The summed E-state index contributed by atoms with van der Waals surface area (Å²) in [5.41, 5.74) is 3.67. The molecule has 6 aromatic rings. The fourth-order valence-corrected chi connectivity index (χ4v) is 14.5. The smallest absolute Gasteiger partial charge is 0.358 e. The van der Waals surface area contributed by atoms with Crippen LogP contribution in [0.2, 0.25) is 0 Å². The molecule has 0 saturated heterocycles. The molecule has 0 spiro atoms. The number of rotatable bonds is 17. The normalized spacial score (nSPS) is 15.6. The van der Waals surface area contributed by atoms with E-state index in [0.717, 1.165) is 65.5 Å². The molecule has 1 atom stereocenters. The molecule has 1 aliphatic rings. The predicted octanol–water partition coefficient (Wildman–Crippen LogP) is 12.6. The largest absolute Gasteiger partial charge is 0.524 e. The summed E-state index contributed by atoms with van der Waals surface area (Å²) in [6.45, 7) is 8.53. The van der Waals surface area contributed by atoms with E-state index in [1.165, 1.54) is 0 Å². The van der Waals surface area contributed by atoms with Crippen molar-refractivity contribution in [2.24, 2.45) is 11.3 Å². The van der Waals surface area contributed by atoms with Crippen molar-refractivity contribution in [1.82, 2.24) is 0 Å². The van der Waals surface area contributed by atoms with Gasteiger partial charge in [0.2, 0.25) is 5.79 Å². The molecule has 1 aliphatic carbocycles. The lowest BCUT2D eigenvalue weighted by Gasteiger charge is -2.59. The third-order valence-corrected chi connectivity index (χ3v) is 16.5. The molecule has 6 aromatic carbocycles. The highest BCUT2D eigenvalue weighted by Gasteiger charge is 2.74. The number of methoxy groups -OCH3 is 3. The van der Waals surface area contributed by atoms with Crippen molar-refractivity contribution in [3.05, 3.63) is 215 Å². The number of hydrogen-bond acceptors (Lipinski definition) is 6. The molecule has 7 heteroatoms. The van der Waals surface area contributed by atoms with Crippen LogP contribution in [0, 0.1) is 11.3 Å². The summed E-state index contributed by atoms with van der Waals surface area (Å²) in [6, 6.07) is 62.9. The second-order valence-corrected chi connectivity index (χ2v) is 19.7. The molecule has 1 fully saturated rings. The van der Waals surface area contributed by atoms with E-state index in [1.807, 2.05) is 55.5 Å². The van der Waals surface area contributed by atoms with E-state index in [9.17, 15) is 0 Å². The van der Waals surface area contributed by atoms with Gasteiger partial charge >= 0.3 is 8.80 Å². The molecule has 0 bridgehead atoms. The second-order valence-electron chi connectivity index (χ2n) is 17.2. The molecule has 7 rings (SSSR count). The van der Waals surface area contributed by atoms with Crippen LogP contribution in [0.25, 0.3) is 0 Å². The summed E-state index contributed by atoms with van der Waals surface area (Å²) in [4.78, 5) is 0. The van der Waals surface area contributed by atoms with Gasteiger partial charge in [-0.05, 0) is 46.4 Å². The molecule has 0 aromatic heterocycles. The van der Waals surface area contributed by atoms with Gasteiger partial charge in [0.15, 0.2) is 0 Å². The van der Waals surface area contributed by atoms with Gasteiger partial charge in [-0.1, -0.05) is 222 Å². The zero-order valence-electron chi connectivity index (χ0n) is 36.9. The first-order valence-electron chi connectivity index (χ1n) is 21.6. The Morgan fingerprint density at radius 3 is 1.07 bits per heavy atom. The number of ether oxygens (including phenoxy) is 3. The highest BCUT2D eigenvalue weighted by molar-refractivity contribution is 6.66. The Kier molecular flexibility index (Phi) is 13.6. The fourth-order valence-electron chi connectivity index (χ4n) is 9.81. The topological polar surface area (TPSA) is 55.4 Å². The quantitative estimate of drug-likeness (QED) is 0.0674. The summed E-state index contributed by atoms with van der Waals surface area (Å²) in [7, 11) is 0.104. The lowest BCUT2D eigenvalue weighted by Crippen LogP contribution is -2.74. The molecule has 0 amide bonds. The highest BCUT2D eigenvalue weighted by atomic mass is 28.4. The maximum atomic E-state index is 8.74. The molecular formula is C54H62O6Si. The predicted molar refractivity (Wildman–Crippen MR) is 245 cm³/mol. The van der Waals surface area contributed by atoms with Crippen LogP contribution >= 0.6 is 0 Å². The van der Waals surface area contributed by atoms with Crippen LogP contribution in [0.4, 0.5) is 0 Å². The minimum Gasteiger partial charge on any atom is -0.358 e. The van der Waals surface area contributed by atoms with E-state index >= 15 is 0 Å². The summed E-state index contributed by atoms with van der Waals surface area (Å²) in [6.07, 6.45) is 5.02. The maximum absolute atomic E-state index is 8.74. The van der Waals surface area contributed by atoms with Crippen molar-refractivity contribution in [2.45, 2.75) is 82.2 Å². The molecule has 6 nitrogen and oxygen atoms in total. The summed E-state index contributed by atoms with van der Waals surface area (Å²) >= 11 is 0. The zero-order chi connectivity index (χ0) is 43.0. The molecule has 0 heterocycles. The average molecular weight is 835 g/mol. The second kappa shape index (κ2) is 18.7. The van der Waals surface area contributed by atoms with Gasteiger partial charge in [-0.15, -0.1) is 0 Å². The van der Waals surface area contributed by atoms with Crippen molar-refractivity contribution in [3.8, 4) is 0 Å². The number of benzene rings is 6. The van der Waals surface area contributed by atoms with E-state index in [4.69, 9.17) is 27.5 Å². The van der Waals surface area contributed by atoms with Crippen LogP contribution in [0.3, 0.4) is 0 Å². The maximum Gasteiger partial charge on any atom is 0.524 e. The van der Waals surface area contributed by atoms with Gasteiger partial charge in [0.1, 0.15) is 5.60 Å². The van der Waals surface area contributed by atoms with Gasteiger partial charge in [0.05, 0.1) is 5.04 Å². The average Bonchev–Trinajstić information content (AvgIpc) is 3.32. The molecule has 0 radical (unpaired) electrons. The molecule has 1 saturated carbocycles. The monoisotopic (exact) mass is 834 g/mol. The molecule has 1 unspecified atom stereocenters. The first kappa shape index (κ1) is 44.4. The van der Waals surface area contributed by atoms with Crippen molar-refractivity contribution in [2.75, 3.05) is 21.3 Å². The SMILES string of the molecule is COC(C)(OC)O[Si](OC(OC)(c1ccccc1)c1ccccc1)(OC(c1ccccc1)(c1ccccc1)C(C)(C)C)C(c1ccccc1)(c1ccccc1)C1CCCCC1. The molecule has 0 aliphatic heterocycles. The Balaban J connectivity index is 1.77. The van der Waals surface area contributed by atoms with Gasteiger partial charge in [-0.25, -0.2) is 0 Å². The Labute approximate surface area is 365 Å². The lowest BCUT2D eigenvalue weighted by molar-refractivity contribution is -0.341. The van der Waals surface area contributed by atoms with E-state index in [-0.39, 0.29) is 5.92 Å². The third kappa shape index (κ3) is 8.21. The van der Waals surface area contributed by atoms with Crippen LogP contribution < -0.4 is 0 Å². The van der Waals surface area contributed by atoms with Gasteiger partial charge in [-0.2, -0.15) is 0 Å². The lowest BCUT2D eigenvalue weighted by atomic mass is 9.68. The summed E-state index contributed by atoms with van der Waals surface area (Å²) in [5, 5.41) is -1.10. The third-order valence-electron chi connectivity index (χ3n) is 12.8. The van der Waals surface area contributed by atoms with Gasteiger partial charge in [-0.3, -0.25) is 0 Å². The molecule has 318 valence electrons. The van der Waals surface area contributed by atoms with Gasteiger partial charge in [0.25, 0.3) is 5.97 Å². The summed E-state index contributed by atoms with van der Waals surface area (Å²) < 4.78 is 44.9.